The van der Waals surface area contributed by atoms with Crippen LogP contribution in [0.1, 0.15) is 20.3 Å². The van der Waals surface area contributed by atoms with Crippen LogP contribution in [0.15, 0.2) is 29.2 Å². The highest BCUT2D eigenvalue weighted by molar-refractivity contribution is 7.99. The number of amides is 1. The molecule has 0 saturated heterocycles. The van der Waals surface area contributed by atoms with Crippen molar-refractivity contribution in [1.82, 2.24) is 5.32 Å². The highest BCUT2D eigenvalue weighted by atomic mass is 32.2. The van der Waals surface area contributed by atoms with Crippen LogP contribution in [0, 0.1) is 5.82 Å². The number of halogens is 1. The molecule has 0 atom stereocenters. The molecule has 100 valence electrons. The summed E-state index contributed by atoms with van der Waals surface area (Å²) in [7, 11) is 0. The minimum Gasteiger partial charge on any atom is -0.350 e. The topological polar surface area (TPSA) is 55.1 Å². The van der Waals surface area contributed by atoms with E-state index in [1.54, 1.807) is 12.1 Å². The number of benzene rings is 1. The molecule has 0 bridgehead atoms. The molecule has 0 saturated carbocycles. The molecule has 0 heterocycles. The van der Waals surface area contributed by atoms with Gasteiger partial charge in [-0.3, -0.25) is 4.79 Å². The van der Waals surface area contributed by atoms with Gasteiger partial charge in [0.15, 0.2) is 0 Å². The Bertz CT molecular complexity index is 392. The number of thioether (sulfide) groups is 1. The molecule has 3 N–H and O–H groups in total. The van der Waals surface area contributed by atoms with E-state index in [9.17, 15) is 9.18 Å². The van der Waals surface area contributed by atoms with Gasteiger partial charge in [-0.05, 0) is 38.1 Å². The minimum atomic E-state index is -0.363. The quantitative estimate of drug-likeness (QED) is 0.779. The van der Waals surface area contributed by atoms with Crippen LogP contribution in [-0.2, 0) is 4.79 Å². The third-order valence-corrected chi connectivity index (χ3v) is 3.41. The molecule has 0 aliphatic heterocycles. The smallest absolute Gasteiger partial charge is 0.221 e. The van der Waals surface area contributed by atoms with Crippen molar-refractivity contribution in [2.45, 2.75) is 30.7 Å². The van der Waals surface area contributed by atoms with Crippen molar-refractivity contribution in [3.8, 4) is 0 Å². The zero-order valence-corrected chi connectivity index (χ0v) is 11.5. The molecule has 0 spiro atoms. The molecule has 0 aliphatic carbocycles. The van der Waals surface area contributed by atoms with Crippen LogP contribution in [0.25, 0.3) is 0 Å². The molecule has 0 radical (unpaired) electrons. The lowest BCUT2D eigenvalue weighted by molar-refractivity contribution is -0.122. The zero-order chi connectivity index (χ0) is 13.6. The standard InChI is InChI=1S/C13H19FN2OS/c1-13(2,9-15)16-12(17)7-8-18-11-5-3-10(14)4-6-11/h3-6H,7-9,15H2,1-2H3,(H,16,17). The van der Waals surface area contributed by atoms with Crippen LogP contribution in [-0.4, -0.2) is 23.7 Å². The van der Waals surface area contributed by atoms with E-state index in [4.69, 9.17) is 5.73 Å². The Balaban J connectivity index is 2.29. The maximum absolute atomic E-state index is 12.7. The van der Waals surface area contributed by atoms with E-state index in [2.05, 4.69) is 5.32 Å². The molecule has 0 fully saturated rings. The number of nitrogens with one attached hydrogen (secondary N) is 1. The number of hydrogen-bond acceptors (Lipinski definition) is 3. The van der Waals surface area contributed by atoms with Gasteiger partial charge >= 0.3 is 0 Å². The molecule has 3 nitrogen and oxygen atoms in total. The predicted octanol–water partition coefficient (Wildman–Crippen LogP) is 2.16. The molecule has 0 unspecified atom stereocenters. The first-order valence-corrected chi connectivity index (χ1v) is 6.81. The van der Waals surface area contributed by atoms with Crippen molar-refractivity contribution >= 4 is 17.7 Å². The Labute approximate surface area is 111 Å². The fourth-order valence-corrected chi connectivity index (χ4v) is 2.14. The molecule has 0 aromatic heterocycles. The third-order valence-electron chi connectivity index (χ3n) is 2.40. The van der Waals surface area contributed by atoms with E-state index in [-0.39, 0.29) is 17.3 Å². The summed E-state index contributed by atoms with van der Waals surface area (Å²) >= 11 is 1.53. The second-order valence-electron chi connectivity index (χ2n) is 4.69. The zero-order valence-electron chi connectivity index (χ0n) is 10.7. The normalized spacial score (nSPS) is 11.3. The van der Waals surface area contributed by atoms with Crippen molar-refractivity contribution in [2.24, 2.45) is 5.73 Å². The Morgan fingerprint density at radius 1 is 1.39 bits per heavy atom. The Kier molecular flexibility index (Phi) is 5.62. The highest BCUT2D eigenvalue weighted by Crippen LogP contribution is 2.18. The Hall–Kier alpha value is -1.07. The second-order valence-corrected chi connectivity index (χ2v) is 5.86. The fourth-order valence-electron chi connectivity index (χ4n) is 1.28. The van der Waals surface area contributed by atoms with Crippen LogP contribution in [0.4, 0.5) is 4.39 Å². The van der Waals surface area contributed by atoms with E-state index in [0.29, 0.717) is 18.7 Å². The summed E-state index contributed by atoms with van der Waals surface area (Å²) in [4.78, 5) is 12.6. The first-order chi connectivity index (χ1) is 8.43. The lowest BCUT2D eigenvalue weighted by atomic mass is 10.1. The average molecular weight is 270 g/mol. The number of nitrogens with two attached hydrogens (primary N) is 1. The second kappa shape index (κ2) is 6.75. The minimum absolute atomic E-state index is 0.0138. The number of rotatable bonds is 6. The molecule has 5 heteroatoms. The SMILES string of the molecule is CC(C)(CN)NC(=O)CCSc1ccc(F)cc1. The Morgan fingerprint density at radius 3 is 2.56 bits per heavy atom. The lowest BCUT2D eigenvalue weighted by Gasteiger charge is -2.24. The molecule has 1 aromatic carbocycles. The van der Waals surface area contributed by atoms with Crippen molar-refractivity contribution in [3.63, 3.8) is 0 Å². The van der Waals surface area contributed by atoms with Gasteiger partial charge < -0.3 is 11.1 Å². The van der Waals surface area contributed by atoms with Crippen molar-refractivity contribution in [2.75, 3.05) is 12.3 Å². The van der Waals surface area contributed by atoms with Crippen LogP contribution in [0.2, 0.25) is 0 Å². The van der Waals surface area contributed by atoms with E-state index >= 15 is 0 Å². The maximum Gasteiger partial charge on any atom is 0.221 e. The van der Waals surface area contributed by atoms with Gasteiger partial charge in [-0.25, -0.2) is 4.39 Å². The van der Waals surface area contributed by atoms with E-state index < -0.39 is 0 Å². The van der Waals surface area contributed by atoms with Gasteiger partial charge in [0.25, 0.3) is 0 Å². The first kappa shape index (κ1) is 15.0. The molecule has 0 aliphatic rings. The Morgan fingerprint density at radius 2 is 2.00 bits per heavy atom. The van der Waals surface area contributed by atoms with Crippen LogP contribution >= 0.6 is 11.8 Å². The lowest BCUT2D eigenvalue weighted by Crippen LogP contribution is -2.48. The van der Waals surface area contributed by atoms with Crippen LogP contribution < -0.4 is 11.1 Å². The summed E-state index contributed by atoms with van der Waals surface area (Å²) in [6.45, 7) is 4.18. The first-order valence-electron chi connectivity index (χ1n) is 5.82. The summed E-state index contributed by atoms with van der Waals surface area (Å²) in [5.74, 6) is 0.403. The molecule has 1 amide bonds. The van der Waals surface area contributed by atoms with Crippen LogP contribution in [0.3, 0.4) is 0 Å². The largest absolute Gasteiger partial charge is 0.350 e. The molecule has 1 rings (SSSR count). The van der Waals surface area contributed by atoms with Crippen LogP contribution in [0.5, 0.6) is 0 Å². The van der Waals surface area contributed by atoms with Gasteiger partial charge in [-0.2, -0.15) is 0 Å². The van der Waals surface area contributed by atoms with Gasteiger partial charge in [0, 0.05) is 29.2 Å². The number of carbonyl (C=O) groups excluding carboxylic acids is 1. The number of hydrogen-bond donors (Lipinski definition) is 2. The van der Waals surface area contributed by atoms with E-state index in [1.165, 1.54) is 23.9 Å². The number of carbonyl (C=O) groups is 1. The summed E-state index contributed by atoms with van der Waals surface area (Å²) < 4.78 is 12.7. The predicted molar refractivity (Wildman–Crippen MR) is 73.0 cm³/mol. The third kappa shape index (κ3) is 5.51. The maximum atomic E-state index is 12.7. The average Bonchev–Trinajstić information content (AvgIpc) is 2.31. The van der Waals surface area contributed by atoms with E-state index in [1.807, 2.05) is 13.8 Å². The summed E-state index contributed by atoms with van der Waals surface area (Å²) in [5, 5.41) is 2.86. The van der Waals surface area contributed by atoms with Gasteiger partial charge in [0.05, 0.1) is 0 Å². The highest BCUT2D eigenvalue weighted by Gasteiger charge is 2.17. The van der Waals surface area contributed by atoms with Crippen molar-refractivity contribution in [3.05, 3.63) is 30.1 Å². The molecule has 1 aromatic rings. The monoisotopic (exact) mass is 270 g/mol. The van der Waals surface area contributed by atoms with E-state index in [0.717, 1.165) is 4.90 Å². The van der Waals surface area contributed by atoms with Gasteiger partial charge in [-0.1, -0.05) is 0 Å². The molecule has 18 heavy (non-hydrogen) atoms. The van der Waals surface area contributed by atoms with Gasteiger partial charge in [-0.15, -0.1) is 11.8 Å². The molecular formula is C13H19FN2OS. The van der Waals surface area contributed by atoms with Gasteiger partial charge in [0.2, 0.25) is 5.91 Å². The molecular weight excluding hydrogens is 251 g/mol. The van der Waals surface area contributed by atoms with Crippen molar-refractivity contribution in [1.29, 1.82) is 0 Å². The summed E-state index contributed by atoms with van der Waals surface area (Å²) in [6, 6.07) is 6.25. The van der Waals surface area contributed by atoms with Gasteiger partial charge in [0.1, 0.15) is 5.82 Å². The van der Waals surface area contributed by atoms with Crippen molar-refractivity contribution < 1.29 is 9.18 Å². The summed E-state index contributed by atoms with van der Waals surface area (Å²) in [5.41, 5.74) is 5.17. The summed E-state index contributed by atoms with van der Waals surface area (Å²) in [6.07, 6.45) is 0.422. The fraction of sp³-hybridized carbons (Fsp3) is 0.462.